The van der Waals surface area contributed by atoms with E-state index in [0.717, 1.165) is 12.1 Å². The van der Waals surface area contributed by atoms with E-state index in [0.29, 0.717) is 13.1 Å². The fourth-order valence-electron chi connectivity index (χ4n) is 2.72. The van der Waals surface area contributed by atoms with Gasteiger partial charge in [0.15, 0.2) is 11.4 Å². The van der Waals surface area contributed by atoms with Crippen molar-refractivity contribution in [2.75, 3.05) is 19.6 Å². The van der Waals surface area contributed by atoms with Gasteiger partial charge in [0.05, 0.1) is 6.10 Å². The Morgan fingerprint density at radius 1 is 1.35 bits per heavy atom. The largest absolute Gasteiger partial charge is 0.435 e. The minimum Gasteiger partial charge on any atom is -0.391 e. The summed E-state index contributed by atoms with van der Waals surface area (Å²) in [4.78, 5) is 12.2. The Balaban J connectivity index is 1.90. The Morgan fingerprint density at radius 2 is 2.08 bits per heavy atom. The minimum absolute atomic E-state index is 0.0309. The predicted octanol–water partition coefficient (Wildman–Crippen LogP) is 0.735. The van der Waals surface area contributed by atoms with Gasteiger partial charge in [-0.2, -0.15) is 13.2 Å². The van der Waals surface area contributed by atoms with Crippen LogP contribution in [0.15, 0.2) is 24.3 Å². The zero-order chi connectivity index (χ0) is 18.9. The smallest absolute Gasteiger partial charge is 0.391 e. The number of para-hydroxylation sites is 1. The number of nitrogens with one attached hydrogen (secondary N) is 2. The zero-order valence-electron chi connectivity index (χ0n) is 13.3. The number of aromatic nitrogens is 3. The molecule has 7 nitrogen and oxygen atoms in total. The Labute approximate surface area is 145 Å². The molecule has 140 valence electrons. The summed E-state index contributed by atoms with van der Waals surface area (Å²) in [6, 6.07) is 4.74. The van der Waals surface area contributed by atoms with Crippen LogP contribution in [0.25, 0.3) is 5.69 Å². The number of carbonyl (C=O) groups is 1. The number of rotatable bonds is 4. The fraction of sp³-hybridized carbons (Fsp3) is 0.400. The average molecular weight is 373 g/mol. The maximum atomic E-state index is 13.9. The summed E-state index contributed by atoms with van der Waals surface area (Å²) in [5.74, 6) is -2.36. The molecule has 3 N–H and O–H groups in total. The molecule has 1 aromatic heterocycles. The molecule has 0 spiro atoms. The first kappa shape index (κ1) is 18.3. The van der Waals surface area contributed by atoms with E-state index in [1.807, 2.05) is 0 Å². The van der Waals surface area contributed by atoms with Crippen LogP contribution in [0.3, 0.4) is 0 Å². The predicted molar refractivity (Wildman–Crippen MR) is 81.0 cm³/mol. The van der Waals surface area contributed by atoms with Crippen molar-refractivity contribution in [2.24, 2.45) is 5.92 Å². The van der Waals surface area contributed by atoms with Crippen LogP contribution in [-0.2, 0) is 6.18 Å². The first-order chi connectivity index (χ1) is 12.3. The molecule has 1 fully saturated rings. The number of aliphatic hydroxyl groups is 1. The lowest BCUT2D eigenvalue weighted by atomic mass is 10.1. The van der Waals surface area contributed by atoms with Gasteiger partial charge in [-0.3, -0.25) is 4.79 Å². The molecule has 1 aromatic carbocycles. The van der Waals surface area contributed by atoms with Crippen LogP contribution in [0.2, 0.25) is 0 Å². The number of amides is 1. The van der Waals surface area contributed by atoms with Crippen LogP contribution in [0, 0.1) is 11.7 Å². The van der Waals surface area contributed by atoms with Gasteiger partial charge in [0.2, 0.25) is 0 Å². The van der Waals surface area contributed by atoms with Crippen LogP contribution in [0.1, 0.15) is 16.2 Å². The van der Waals surface area contributed by atoms with E-state index in [4.69, 9.17) is 0 Å². The van der Waals surface area contributed by atoms with Gasteiger partial charge in [0, 0.05) is 25.6 Å². The summed E-state index contributed by atoms with van der Waals surface area (Å²) in [6.45, 7) is 0.740. The van der Waals surface area contributed by atoms with Gasteiger partial charge >= 0.3 is 6.18 Å². The number of carbonyl (C=O) groups excluding carboxylic acids is 1. The number of aliphatic hydroxyl groups excluding tert-OH is 1. The monoisotopic (exact) mass is 373 g/mol. The third-order valence-electron chi connectivity index (χ3n) is 4.06. The molecule has 11 heteroatoms. The highest BCUT2D eigenvalue weighted by Gasteiger charge is 2.42. The van der Waals surface area contributed by atoms with E-state index in [-0.39, 0.29) is 17.1 Å². The summed E-state index contributed by atoms with van der Waals surface area (Å²) in [5.41, 5.74) is -2.90. The Hall–Kier alpha value is -2.53. The number of hydrogen-bond donors (Lipinski definition) is 3. The third-order valence-corrected chi connectivity index (χ3v) is 4.06. The molecule has 2 unspecified atom stereocenters. The Bertz CT molecular complexity index is 808. The van der Waals surface area contributed by atoms with Crippen LogP contribution >= 0.6 is 0 Å². The molecular weight excluding hydrogens is 358 g/mol. The summed E-state index contributed by atoms with van der Waals surface area (Å²) in [5, 5.41) is 21.5. The first-order valence-electron chi connectivity index (χ1n) is 7.74. The standard InChI is InChI=1S/C15H15F4N5O2/c16-9-3-1-2-4-10(9)24-13(15(17,18)19)12(22-23-24)14(26)21-6-8-5-20-7-11(8)25/h1-4,8,11,20,25H,5-7H2,(H,21,26). The quantitative estimate of drug-likeness (QED) is 0.688. The van der Waals surface area contributed by atoms with Crippen LogP contribution < -0.4 is 10.6 Å². The number of hydrogen-bond acceptors (Lipinski definition) is 5. The second-order valence-corrected chi connectivity index (χ2v) is 5.84. The number of nitrogens with zero attached hydrogens (tertiary/aromatic N) is 3. The van der Waals surface area contributed by atoms with Crippen molar-refractivity contribution < 1.29 is 27.5 Å². The van der Waals surface area contributed by atoms with Crippen LogP contribution in [-0.4, -0.2) is 51.7 Å². The highest BCUT2D eigenvalue weighted by molar-refractivity contribution is 5.93. The highest BCUT2D eigenvalue weighted by atomic mass is 19.4. The van der Waals surface area contributed by atoms with Gasteiger partial charge in [-0.05, 0) is 12.1 Å². The molecule has 0 aliphatic carbocycles. The van der Waals surface area contributed by atoms with Gasteiger partial charge in [-0.25, -0.2) is 9.07 Å². The molecule has 3 rings (SSSR count). The molecular formula is C15H15F4N5O2. The van der Waals surface area contributed by atoms with Crippen molar-refractivity contribution in [3.05, 3.63) is 41.5 Å². The Morgan fingerprint density at radius 3 is 2.69 bits per heavy atom. The summed E-state index contributed by atoms with van der Waals surface area (Å²) < 4.78 is 54.5. The number of benzene rings is 1. The van der Waals surface area contributed by atoms with Gasteiger partial charge in [0.1, 0.15) is 11.5 Å². The van der Waals surface area contributed by atoms with Gasteiger partial charge in [0.25, 0.3) is 5.91 Å². The average Bonchev–Trinajstić information content (AvgIpc) is 3.19. The zero-order valence-corrected chi connectivity index (χ0v) is 13.3. The maximum absolute atomic E-state index is 13.9. The molecule has 26 heavy (non-hydrogen) atoms. The van der Waals surface area contributed by atoms with Gasteiger partial charge < -0.3 is 15.7 Å². The number of β-amino-alcohol motifs (C(OH)–C–C–N with tert-alkyl or cyclic N) is 1. The van der Waals surface area contributed by atoms with Crippen molar-refractivity contribution in [1.29, 1.82) is 0 Å². The van der Waals surface area contributed by atoms with E-state index >= 15 is 0 Å². The number of halogens is 4. The van der Waals surface area contributed by atoms with Crippen LogP contribution in [0.5, 0.6) is 0 Å². The van der Waals surface area contributed by atoms with E-state index < -0.39 is 41.1 Å². The molecule has 1 amide bonds. The molecule has 1 aliphatic rings. The lowest BCUT2D eigenvalue weighted by Crippen LogP contribution is -2.35. The molecule has 2 heterocycles. The van der Waals surface area contributed by atoms with E-state index in [1.54, 1.807) is 0 Å². The third kappa shape index (κ3) is 3.53. The molecule has 2 atom stereocenters. The fourth-order valence-corrected chi connectivity index (χ4v) is 2.72. The Kier molecular flexibility index (Phi) is 4.92. The van der Waals surface area contributed by atoms with Crippen molar-refractivity contribution in [3.63, 3.8) is 0 Å². The minimum atomic E-state index is -4.98. The highest BCUT2D eigenvalue weighted by Crippen LogP contribution is 2.33. The first-order valence-corrected chi connectivity index (χ1v) is 7.74. The van der Waals surface area contributed by atoms with Gasteiger partial charge in [-0.15, -0.1) is 5.10 Å². The molecule has 1 saturated heterocycles. The topological polar surface area (TPSA) is 92.1 Å². The SMILES string of the molecule is O=C(NCC1CNCC1O)c1nnn(-c2ccccc2F)c1C(F)(F)F. The van der Waals surface area contributed by atoms with E-state index in [2.05, 4.69) is 20.9 Å². The second-order valence-electron chi connectivity index (χ2n) is 5.84. The lowest BCUT2D eigenvalue weighted by Gasteiger charge is -2.14. The lowest BCUT2D eigenvalue weighted by molar-refractivity contribution is -0.143. The van der Waals surface area contributed by atoms with Gasteiger partial charge in [-0.1, -0.05) is 17.3 Å². The van der Waals surface area contributed by atoms with E-state index in [9.17, 15) is 27.5 Å². The van der Waals surface area contributed by atoms with Crippen molar-refractivity contribution >= 4 is 5.91 Å². The molecule has 0 bridgehead atoms. The molecule has 0 radical (unpaired) electrons. The summed E-state index contributed by atoms with van der Waals surface area (Å²) >= 11 is 0. The molecule has 1 aliphatic heterocycles. The second kappa shape index (κ2) is 7.00. The van der Waals surface area contributed by atoms with Crippen LogP contribution in [0.4, 0.5) is 17.6 Å². The summed E-state index contributed by atoms with van der Waals surface area (Å²) in [7, 11) is 0. The summed E-state index contributed by atoms with van der Waals surface area (Å²) in [6.07, 6.45) is -5.68. The van der Waals surface area contributed by atoms with E-state index in [1.165, 1.54) is 12.1 Å². The normalized spacial score (nSPS) is 20.3. The van der Waals surface area contributed by atoms with Crippen molar-refractivity contribution in [1.82, 2.24) is 25.6 Å². The van der Waals surface area contributed by atoms with Crippen molar-refractivity contribution in [2.45, 2.75) is 12.3 Å². The maximum Gasteiger partial charge on any atom is 0.435 e. The number of alkyl halides is 3. The van der Waals surface area contributed by atoms with Crippen molar-refractivity contribution in [3.8, 4) is 5.69 Å². The molecule has 2 aromatic rings. The molecule has 0 saturated carbocycles.